The summed E-state index contributed by atoms with van der Waals surface area (Å²) in [5.41, 5.74) is 2.36. The van der Waals surface area contributed by atoms with Crippen LogP contribution < -0.4 is 11.1 Å². The van der Waals surface area contributed by atoms with Gasteiger partial charge in [0, 0.05) is 44.8 Å². The van der Waals surface area contributed by atoms with Gasteiger partial charge in [0.1, 0.15) is 0 Å². The van der Waals surface area contributed by atoms with Gasteiger partial charge in [-0.05, 0) is 30.7 Å². The van der Waals surface area contributed by atoms with Crippen LogP contribution >= 0.6 is 0 Å². The SMILES string of the molecule is O=C1CC[C@@H](CN(CCn2c(=O)oc3ccccc32)Cc2ccccn2)N1. The summed E-state index contributed by atoms with van der Waals surface area (Å²) in [6.07, 6.45) is 3.19. The zero-order chi connectivity index (χ0) is 18.6. The Hall–Kier alpha value is -2.93. The van der Waals surface area contributed by atoms with E-state index in [0.717, 1.165) is 24.2 Å². The topological polar surface area (TPSA) is 80.4 Å². The number of rotatable bonds is 7. The number of fused-ring (bicyclic) bond motifs is 1. The average Bonchev–Trinajstić information content (AvgIpc) is 3.22. The maximum Gasteiger partial charge on any atom is 0.419 e. The molecule has 1 saturated heterocycles. The van der Waals surface area contributed by atoms with Crippen LogP contribution in [0.2, 0.25) is 0 Å². The molecular weight excluding hydrogens is 344 g/mol. The van der Waals surface area contributed by atoms with Gasteiger partial charge in [0.25, 0.3) is 0 Å². The minimum Gasteiger partial charge on any atom is -0.408 e. The lowest BCUT2D eigenvalue weighted by Crippen LogP contribution is -2.40. The fourth-order valence-corrected chi connectivity index (χ4v) is 3.55. The van der Waals surface area contributed by atoms with Gasteiger partial charge < -0.3 is 9.73 Å². The van der Waals surface area contributed by atoms with Crippen LogP contribution in [0.5, 0.6) is 0 Å². The number of oxazole rings is 1. The fourth-order valence-electron chi connectivity index (χ4n) is 3.55. The Kier molecular flexibility index (Phi) is 5.02. The van der Waals surface area contributed by atoms with Crippen molar-refractivity contribution in [3.8, 4) is 0 Å². The van der Waals surface area contributed by atoms with Gasteiger partial charge in [-0.1, -0.05) is 18.2 Å². The highest BCUT2D eigenvalue weighted by Gasteiger charge is 2.23. The van der Waals surface area contributed by atoms with E-state index in [-0.39, 0.29) is 17.7 Å². The van der Waals surface area contributed by atoms with E-state index in [1.165, 1.54) is 0 Å². The first-order valence-corrected chi connectivity index (χ1v) is 9.19. The molecule has 7 heteroatoms. The minimum atomic E-state index is -0.344. The summed E-state index contributed by atoms with van der Waals surface area (Å²) in [4.78, 5) is 30.4. The highest BCUT2D eigenvalue weighted by atomic mass is 16.4. The second kappa shape index (κ2) is 7.75. The standard InChI is InChI=1S/C20H22N4O3/c25-19-9-8-16(22-19)14-23(13-15-5-3-4-10-21-15)11-12-24-17-6-1-2-7-18(17)27-20(24)26/h1-7,10,16H,8-9,11-14H2,(H,22,25)/t16-/m0/s1. The maximum absolute atomic E-state index is 12.2. The molecule has 0 saturated carbocycles. The van der Waals surface area contributed by atoms with Crippen LogP contribution in [-0.2, 0) is 17.9 Å². The summed E-state index contributed by atoms with van der Waals surface area (Å²) in [6.45, 7) is 2.57. The van der Waals surface area contributed by atoms with E-state index in [4.69, 9.17) is 4.42 Å². The molecule has 1 fully saturated rings. The summed E-state index contributed by atoms with van der Waals surface area (Å²) in [5.74, 6) is -0.238. The van der Waals surface area contributed by atoms with Crippen molar-refractivity contribution in [2.45, 2.75) is 32.0 Å². The zero-order valence-corrected chi connectivity index (χ0v) is 15.0. The molecule has 140 valence electrons. The molecular formula is C20H22N4O3. The molecule has 0 bridgehead atoms. The van der Waals surface area contributed by atoms with Crippen LogP contribution in [0.3, 0.4) is 0 Å². The summed E-state index contributed by atoms with van der Waals surface area (Å²) < 4.78 is 6.98. The predicted octanol–water partition coefficient (Wildman–Crippen LogP) is 1.77. The molecule has 2 aromatic heterocycles. The lowest BCUT2D eigenvalue weighted by atomic mass is 10.2. The smallest absolute Gasteiger partial charge is 0.408 e. The molecule has 7 nitrogen and oxygen atoms in total. The predicted molar refractivity (Wildman–Crippen MR) is 101 cm³/mol. The number of nitrogens with zero attached hydrogens (tertiary/aromatic N) is 3. The van der Waals surface area contributed by atoms with Crippen LogP contribution in [-0.4, -0.2) is 39.5 Å². The molecule has 0 unspecified atom stereocenters. The number of nitrogens with one attached hydrogen (secondary N) is 1. The van der Waals surface area contributed by atoms with Crippen LogP contribution in [0, 0.1) is 0 Å². The highest BCUT2D eigenvalue weighted by molar-refractivity contribution is 5.78. The van der Waals surface area contributed by atoms with E-state index in [9.17, 15) is 9.59 Å². The monoisotopic (exact) mass is 366 g/mol. The molecule has 0 spiro atoms. The quantitative estimate of drug-likeness (QED) is 0.689. The number of carbonyl (C=O) groups excluding carboxylic acids is 1. The molecule has 0 radical (unpaired) electrons. The third kappa shape index (κ3) is 4.09. The molecule has 1 aromatic carbocycles. The Balaban J connectivity index is 1.50. The number of hydrogen-bond donors (Lipinski definition) is 1. The van der Waals surface area contributed by atoms with E-state index in [1.54, 1.807) is 16.8 Å². The molecule has 3 aromatic rings. The van der Waals surface area contributed by atoms with E-state index in [0.29, 0.717) is 31.6 Å². The molecule has 3 heterocycles. The second-order valence-electron chi connectivity index (χ2n) is 6.85. The van der Waals surface area contributed by atoms with E-state index in [2.05, 4.69) is 15.2 Å². The summed E-state index contributed by atoms with van der Waals surface area (Å²) >= 11 is 0. The van der Waals surface area contributed by atoms with Gasteiger partial charge in [-0.2, -0.15) is 0 Å². The maximum atomic E-state index is 12.2. The first-order valence-electron chi connectivity index (χ1n) is 9.19. The number of benzene rings is 1. The van der Waals surface area contributed by atoms with Crippen molar-refractivity contribution in [2.75, 3.05) is 13.1 Å². The van der Waals surface area contributed by atoms with Crippen molar-refractivity contribution >= 4 is 17.0 Å². The van der Waals surface area contributed by atoms with Crippen LogP contribution in [0.15, 0.2) is 57.9 Å². The summed E-state index contributed by atoms with van der Waals surface area (Å²) in [6, 6.07) is 13.4. The number of pyridine rings is 1. The van der Waals surface area contributed by atoms with Crippen molar-refractivity contribution in [3.05, 3.63) is 64.9 Å². The first kappa shape index (κ1) is 17.5. The van der Waals surface area contributed by atoms with E-state index < -0.39 is 0 Å². The molecule has 0 aliphatic carbocycles. The molecule has 1 aliphatic heterocycles. The molecule has 1 N–H and O–H groups in total. The molecule has 1 amide bonds. The Bertz CT molecular complexity index is 980. The van der Waals surface area contributed by atoms with Crippen LogP contribution in [0.25, 0.3) is 11.1 Å². The number of hydrogen-bond acceptors (Lipinski definition) is 5. The third-order valence-electron chi connectivity index (χ3n) is 4.89. The van der Waals surface area contributed by atoms with Gasteiger partial charge >= 0.3 is 5.76 Å². The normalized spacial score (nSPS) is 16.9. The number of amides is 1. The van der Waals surface area contributed by atoms with Crippen molar-refractivity contribution in [1.29, 1.82) is 0 Å². The largest absolute Gasteiger partial charge is 0.419 e. The number of carbonyl (C=O) groups is 1. The Morgan fingerprint density at radius 1 is 1.19 bits per heavy atom. The number of para-hydroxylation sites is 2. The molecule has 27 heavy (non-hydrogen) atoms. The van der Waals surface area contributed by atoms with Crippen LogP contribution in [0.1, 0.15) is 18.5 Å². The Morgan fingerprint density at radius 2 is 2.04 bits per heavy atom. The lowest BCUT2D eigenvalue weighted by Gasteiger charge is -2.25. The van der Waals surface area contributed by atoms with Gasteiger partial charge in [-0.15, -0.1) is 0 Å². The van der Waals surface area contributed by atoms with Crippen molar-refractivity contribution in [2.24, 2.45) is 0 Å². The third-order valence-corrected chi connectivity index (χ3v) is 4.89. The van der Waals surface area contributed by atoms with Gasteiger partial charge in [0.15, 0.2) is 5.58 Å². The lowest BCUT2D eigenvalue weighted by molar-refractivity contribution is -0.119. The fraction of sp³-hybridized carbons (Fsp3) is 0.350. The van der Waals surface area contributed by atoms with E-state index in [1.807, 2.05) is 36.4 Å². The average molecular weight is 366 g/mol. The zero-order valence-electron chi connectivity index (χ0n) is 15.0. The second-order valence-corrected chi connectivity index (χ2v) is 6.85. The van der Waals surface area contributed by atoms with E-state index >= 15 is 0 Å². The minimum absolute atomic E-state index is 0.106. The van der Waals surface area contributed by atoms with Gasteiger partial charge in [-0.3, -0.25) is 19.2 Å². The van der Waals surface area contributed by atoms with Crippen LogP contribution in [0.4, 0.5) is 0 Å². The van der Waals surface area contributed by atoms with Crippen molar-refractivity contribution < 1.29 is 9.21 Å². The molecule has 4 rings (SSSR count). The summed E-state index contributed by atoms with van der Waals surface area (Å²) in [7, 11) is 0. The van der Waals surface area contributed by atoms with Gasteiger partial charge in [-0.25, -0.2) is 4.79 Å². The summed E-state index contributed by atoms with van der Waals surface area (Å²) in [5, 5.41) is 3.02. The van der Waals surface area contributed by atoms with Crippen molar-refractivity contribution in [3.63, 3.8) is 0 Å². The van der Waals surface area contributed by atoms with Gasteiger partial charge in [0.05, 0.1) is 11.2 Å². The molecule has 1 aliphatic rings. The van der Waals surface area contributed by atoms with Gasteiger partial charge in [0.2, 0.25) is 5.91 Å². The molecule has 1 atom stereocenters. The Morgan fingerprint density at radius 3 is 2.81 bits per heavy atom. The van der Waals surface area contributed by atoms with Crippen molar-refractivity contribution in [1.82, 2.24) is 19.8 Å². The first-order chi connectivity index (χ1) is 13.2. The highest BCUT2D eigenvalue weighted by Crippen LogP contribution is 2.14. The number of aromatic nitrogens is 2. The Labute approximate surface area is 156 Å².